The largest absolute Gasteiger partial charge is 0.303 e. The number of halogens is 3. The summed E-state index contributed by atoms with van der Waals surface area (Å²) in [4.78, 5) is 3.82. The van der Waals surface area contributed by atoms with E-state index >= 15 is 0 Å². The quantitative estimate of drug-likeness (QED) is 0.649. The van der Waals surface area contributed by atoms with E-state index in [9.17, 15) is 4.39 Å². The Kier molecular flexibility index (Phi) is 7.89. The molecule has 1 heterocycles. The SMILES string of the molecule is Cl.Fc1ccc(CCN2CCC(Sc3ccc(Cl)cc3)CC2)cc1. The zero-order valence-corrected chi connectivity index (χ0v) is 15.8. The highest BCUT2D eigenvalue weighted by Gasteiger charge is 2.19. The summed E-state index contributed by atoms with van der Waals surface area (Å²) in [6, 6.07) is 15.0. The van der Waals surface area contributed by atoms with E-state index in [1.165, 1.54) is 23.3 Å². The maximum atomic E-state index is 12.9. The lowest BCUT2D eigenvalue weighted by molar-refractivity contribution is 0.235. The van der Waals surface area contributed by atoms with E-state index in [4.69, 9.17) is 11.6 Å². The molecule has 0 atom stereocenters. The summed E-state index contributed by atoms with van der Waals surface area (Å²) >= 11 is 7.90. The third kappa shape index (κ3) is 5.96. The molecule has 24 heavy (non-hydrogen) atoms. The summed E-state index contributed by atoms with van der Waals surface area (Å²) in [6.07, 6.45) is 3.43. The Morgan fingerprint density at radius 3 is 2.25 bits per heavy atom. The van der Waals surface area contributed by atoms with Gasteiger partial charge in [-0.05, 0) is 74.3 Å². The van der Waals surface area contributed by atoms with Gasteiger partial charge in [-0.3, -0.25) is 0 Å². The molecule has 0 aliphatic carbocycles. The highest BCUT2D eigenvalue weighted by Crippen LogP contribution is 2.31. The van der Waals surface area contributed by atoms with Crippen LogP contribution in [0.3, 0.4) is 0 Å². The number of piperidine rings is 1. The number of rotatable bonds is 5. The van der Waals surface area contributed by atoms with Crippen LogP contribution < -0.4 is 0 Å². The van der Waals surface area contributed by atoms with Crippen LogP contribution in [0, 0.1) is 5.82 Å². The molecular weight excluding hydrogens is 364 g/mol. The second kappa shape index (κ2) is 9.67. The molecule has 0 bridgehead atoms. The molecule has 1 aliphatic heterocycles. The van der Waals surface area contributed by atoms with Crippen molar-refractivity contribution in [3.8, 4) is 0 Å². The molecule has 0 amide bonds. The molecule has 2 aromatic rings. The standard InChI is InChI=1S/C19H21ClFNS.ClH/c20-16-3-7-18(8-4-16)23-19-10-13-22(14-11-19)12-9-15-1-5-17(21)6-2-15;/h1-8,19H,9-14H2;1H. The highest BCUT2D eigenvalue weighted by atomic mass is 35.5. The van der Waals surface area contributed by atoms with Crippen molar-refractivity contribution < 1.29 is 4.39 Å². The molecule has 1 aliphatic rings. The van der Waals surface area contributed by atoms with Crippen molar-refractivity contribution in [3.63, 3.8) is 0 Å². The molecule has 2 aromatic carbocycles. The summed E-state index contributed by atoms with van der Waals surface area (Å²) in [6.45, 7) is 3.35. The Labute approximate surface area is 159 Å². The van der Waals surface area contributed by atoms with Gasteiger partial charge < -0.3 is 4.90 Å². The average molecular weight is 386 g/mol. The van der Waals surface area contributed by atoms with E-state index in [1.54, 1.807) is 12.1 Å². The van der Waals surface area contributed by atoms with Crippen molar-refractivity contribution in [2.75, 3.05) is 19.6 Å². The van der Waals surface area contributed by atoms with Gasteiger partial charge in [0.05, 0.1) is 0 Å². The van der Waals surface area contributed by atoms with Crippen LogP contribution in [0.25, 0.3) is 0 Å². The summed E-state index contributed by atoms with van der Waals surface area (Å²) in [7, 11) is 0. The molecule has 5 heteroatoms. The Morgan fingerprint density at radius 1 is 1.00 bits per heavy atom. The van der Waals surface area contributed by atoms with Crippen LogP contribution in [-0.4, -0.2) is 29.8 Å². The van der Waals surface area contributed by atoms with Crippen molar-refractivity contribution in [1.82, 2.24) is 4.90 Å². The Bertz CT molecular complexity index is 610. The molecule has 0 unspecified atom stereocenters. The smallest absolute Gasteiger partial charge is 0.123 e. The Morgan fingerprint density at radius 2 is 1.62 bits per heavy atom. The van der Waals surface area contributed by atoms with E-state index in [0.29, 0.717) is 5.25 Å². The molecule has 1 fully saturated rings. The molecule has 1 nitrogen and oxygen atoms in total. The number of benzene rings is 2. The Balaban J connectivity index is 0.00000208. The molecule has 1 saturated heterocycles. The van der Waals surface area contributed by atoms with E-state index < -0.39 is 0 Å². The van der Waals surface area contributed by atoms with E-state index in [2.05, 4.69) is 17.0 Å². The molecule has 130 valence electrons. The highest BCUT2D eigenvalue weighted by molar-refractivity contribution is 8.00. The third-order valence-corrected chi connectivity index (χ3v) is 5.88. The zero-order chi connectivity index (χ0) is 16.1. The number of hydrogen-bond donors (Lipinski definition) is 0. The molecule has 0 radical (unpaired) electrons. The fourth-order valence-corrected chi connectivity index (χ4v) is 4.15. The van der Waals surface area contributed by atoms with Crippen molar-refractivity contribution >= 4 is 35.8 Å². The maximum absolute atomic E-state index is 12.9. The molecular formula is C19H22Cl2FNS. The summed E-state index contributed by atoms with van der Waals surface area (Å²) in [5.74, 6) is -0.159. The first-order valence-electron chi connectivity index (χ1n) is 8.08. The molecule has 0 aromatic heterocycles. The second-order valence-electron chi connectivity index (χ2n) is 5.99. The van der Waals surface area contributed by atoms with Gasteiger partial charge in [0.15, 0.2) is 0 Å². The fraction of sp³-hybridized carbons (Fsp3) is 0.368. The number of likely N-dealkylation sites (tertiary alicyclic amines) is 1. The zero-order valence-electron chi connectivity index (χ0n) is 13.5. The lowest BCUT2D eigenvalue weighted by atomic mass is 10.1. The summed E-state index contributed by atoms with van der Waals surface area (Å²) in [5, 5.41) is 1.49. The van der Waals surface area contributed by atoms with Crippen LogP contribution in [0.5, 0.6) is 0 Å². The van der Waals surface area contributed by atoms with Crippen LogP contribution in [-0.2, 0) is 6.42 Å². The van der Waals surface area contributed by atoms with Crippen LogP contribution in [0.1, 0.15) is 18.4 Å². The minimum atomic E-state index is -0.159. The van der Waals surface area contributed by atoms with Gasteiger partial charge in [0, 0.05) is 21.7 Å². The maximum Gasteiger partial charge on any atom is 0.123 e. The number of hydrogen-bond acceptors (Lipinski definition) is 2. The lowest BCUT2D eigenvalue weighted by Gasteiger charge is -2.31. The molecule has 0 spiro atoms. The van der Waals surface area contributed by atoms with Gasteiger partial charge in [0.2, 0.25) is 0 Å². The van der Waals surface area contributed by atoms with Crippen LogP contribution >= 0.6 is 35.8 Å². The number of thioether (sulfide) groups is 1. The van der Waals surface area contributed by atoms with Gasteiger partial charge in [0.1, 0.15) is 5.82 Å². The van der Waals surface area contributed by atoms with E-state index in [-0.39, 0.29) is 18.2 Å². The fourth-order valence-electron chi connectivity index (χ4n) is 2.89. The van der Waals surface area contributed by atoms with Crippen molar-refractivity contribution in [2.24, 2.45) is 0 Å². The predicted molar refractivity (Wildman–Crippen MR) is 104 cm³/mol. The average Bonchev–Trinajstić information content (AvgIpc) is 2.58. The second-order valence-corrected chi connectivity index (χ2v) is 7.80. The van der Waals surface area contributed by atoms with Crippen LogP contribution in [0.4, 0.5) is 4.39 Å². The van der Waals surface area contributed by atoms with Crippen molar-refractivity contribution in [3.05, 3.63) is 64.9 Å². The molecule has 3 rings (SSSR count). The first-order chi connectivity index (χ1) is 11.2. The first kappa shape index (κ1) is 19.6. The van der Waals surface area contributed by atoms with Gasteiger partial charge in [-0.25, -0.2) is 4.39 Å². The minimum Gasteiger partial charge on any atom is -0.303 e. The molecule has 0 saturated carbocycles. The summed E-state index contributed by atoms with van der Waals surface area (Å²) in [5.41, 5.74) is 1.21. The van der Waals surface area contributed by atoms with Gasteiger partial charge in [-0.1, -0.05) is 23.7 Å². The van der Waals surface area contributed by atoms with Crippen molar-refractivity contribution in [2.45, 2.75) is 29.4 Å². The van der Waals surface area contributed by atoms with E-state index in [1.807, 2.05) is 36.0 Å². The third-order valence-electron chi connectivity index (χ3n) is 4.28. The normalized spacial score (nSPS) is 15.9. The van der Waals surface area contributed by atoms with Crippen LogP contribution in [0.15, 0.2) is 53.4 Å². The molecule has 0 N–H and O–H groups in total. The van der Waals surface area contributed by atoms with Crippen molar-refractivity contribution in [1.29, 1.82) is 0 Å². The summed E-state index contributed by atoms with van der Waals surface area (Å²) < 4.78 is 12.9. The van der Waals surface area contributed by atoms with Gasteiger partial charge >= 0.3 is 0 Å². The van der Waals surface area contributed by atoms with Crippen LogP contribution in [0.2, 0.25) is 5.02 Å². The van der Waals surface area contributed by atoms with E-state index in [0.717, 1.165) is 31.1 Å². The lowest BCUT2D eigenvalue weighted by Crippen LogP contribution is -2.36. The first-order valence-corrected chi connectivity index (χ1v) is 9.34. The number of nitrogens with zero attached hydrogens (tertiary/aromatic N) is 1. The predicted octanol–water partition coefficient (Wildman–Crippen LogP) is 5.70. The topological polar surface area (TPSA) is 3.24 Å². The van der Waals surface area contributed by atoms with Gasteiger partial charge in [0.25, 0.3) is 0 Å². The Hall–Kier alpha value is -0.740. The monoisotopic (exact) mass is 385 g/mol. The van der Waals surface area contributed by atoms with Gasteiger partial charge in [-0.15, -0.1) is 24.2 Å². The van der Waals surface area contributed by atoms with Gasteiger partial charge in [-0.2, -0.15) is 0 Å². The minimum absolute atomic E-state index is 0.